The average molecular weight is 350 g/mol. The van der Waals surface area contributed by atoms with Gasteiger partial charge in [0.2, 0.25) is 0 Å². The number of amides is 1. The van der Waals surface area contributed by atoms with Gasteiger partial charge in [0.05, 0.1) is 12.6 Å². The number of aryl methyl sites for hydroxylation is 3. The fraction of sp³-hybridized carbons (Fsp3) is 0.238. The van der Waals surface area contributed by atoms with Crippen molar-refractivity contribution in [2.24, 2.45) is 0 Å². The largest absolute Gasteiger partial charge is 0.497 e. The molecule has 0 spiro atoms. The fourth-order valence-corrected chi connectivity index (χ4v) is 2.75. The molecule has 0 atom stereocenters. The number of carbonyl (C=O) groups is 1. The standard InChI is InChI=1S/C21H22N2O3/c1-13-5-6-14(2)19(9-13)23-21(24)12-26-20-10-15(3)22-18-8-7-16(25-4)11-17(18)20/h5-11H,12H2,1-4H3,(H,23,24). The van der Waals surface area contributed by atoms with Crippen LogP contribution in [0.15, 0.2) is 42.5 Å². The van der Waals surface area contributed by atoms with Gasteiger partial charge in [-0.15, -0.1) is 0 Å². The Morgan fingerprint density at radius 2 is 1.88 bits per heavy atom. The van der Waals surface area contributed by atoms with Gasteiger partial charge in [0, 0.05) is 22.8 Å². The van der Waals surface area contributed by atoms with Crippen molar-refractivity contribution in [3.8, 4) is 11.5 Å². The zero-order valence-corrected chi connectivity index (χ0v) is 15.4. The van der Waals surface area contributed by atoms with E-state index >= 15 is 0 Å². The number of aromatic nitrogens is 1. The van der Waals surface area contributed by atoms with Crippen LogP contribution in [0.1, 0.15) is 16.8 Å². The lowest BCUT2D eigenvalue weighted by Crippen LogP contribution is -2.20. The van der Waals surface area contributed by atoms with Crippen molar-refractivity contribution < 1.29 is 14.3 Å². The molecule has 0 unspecified atom stereocenters. The normalized spacial score (nSPS) is 10.6. The molecular weight excluding hydrogens is 328 g/mol. The number of methoxy groups -OCH3 is 1. The molecule has 26 heavy (non-hydrogen) atoms. The maximum absolute atomic E-state index is 12.3. The SMILES string of the molecule is COc1ccc2nc(C)cc(OCC(=O)Nc3cc(C)ccc3C)c2c1. The number of fused-ring (bicyclic) bond motifs is 1. The molecule has 3 aromatic rings. The Balaban J connectivity index is 1.78. The van der Waals surface area contributed by atoms with Gasteiger partial charge in [-0.05, 0) is 56.2 Å². The summed E-state index contributed by atoms with van der Waals surface area (Å²) < 4.78 is 11.1. The summed E-state index contributed by atoms with van der Waals surface area (Å²) >= 11 is 0. The number of hydrogen-bond donors (Lipinski definition) is 1. The summed E-state index contributed by atoms with van der Waals surface area (Å²) in [5.74, 6) is 1.12. The van der Waals surface area contributed by atoms with Crippen molar-refractivity contribution in [3.63, 3.8) is 0 Å². The number of carbonyl (C=O) groups excluding carboxylic acids is 1. The van der Waals surface area contributed by atoms with Gasteiger partial charge in [0.25, 0.3) is 5.91 Å². The van der Waals surface area contributed by atoms with Crippen molar-refractivity contribution in [2.75, 3.05) is 19.0 Å². The summed E-state index contributed by atoms with van der Waals surface area (Å²) in [5, 5.41) is 3.72. The third-order valence-corrected chi connectivity index (χ3v) is 4.13. The van der Waals surface area contributed by atoms with Crippen molar-refractivity contribution in [2.45, 2.75) is 20.8 Å². The van der Waals surface area contributed by atoms with Crippen LogP contribution in [0.5, 0.6) is 11.5 Å². The number of rotatable bonds is 5. The lowest BCUT2D eigenvalue weighted by Gasteiger charge is -2.12. The van der Waals surface area contributed by atoms with E-state index in [2.05, 4.69) is 10.3 Å². The Morgan fingerprint density at radius 3 is 2.65 bits per heavy atom. The number of pyridine rings is 1. The first-order valence-electron chi connectivity index (χ1n) is 8.41. The third-order valence-electron chi connectivity index (χ3n) is 4.13. The van der Waals surface area contributed by atoms with Crippen LogP contribution in [0.4, 0.5) is 5.69 Å². The summed E-state index contributed by atoms with van der Waals surface area (Å²) in [6.07, 6.45) is 0. The average Bonchev–Trinajstić information content (AvgIpc) is 2.62. The summed E-state index contributed by atoms with van der Waals surface area (Å²) in [5.41, 5.74) is 4.54. The van der Waals surface area contributed by atoms with Gasteiger partial charge in [-0.2, -0.15) is 0 Å². The Morgan fingerprint density at radius 1 is 1.08 bits per heavy atom. The first-order valence-corrected chi connectivity index (χ1v) is 8.41. The van der Waals surface area contributed by atoms with Crippen LogP contribution in [0.25, 0.3) is 10.9 Å². The second-order valence-electron chi connectivity index (χ2n) is 6.30. The quantitative estimate of drug-likeness (QED) is 0.750. The lowest BCUT2D eigenvalue weighted by molar-refractivity contribution is -0.118. The number of nitrogens with one attached hydrogen (secondary N) is 1. The number of nitrogens with zero attached hydrogens (tertiary/aromatic N) is 1. The highest BCUT2D eigenvalue weighted by Gasteiger charge is 2.10. The molecule has 3 rings (SSSR count). The van der Waals surface area contributed by atoms with E-state index in [9.17, 15) is 4.79 Å². The van der Waals surface area contributed by atoms with Crippen LogP contribution in [-0.4, -0.2) is 24.6 Å². The van der Waals surface area contributed by atoms with Crippen LogP contribution in [0.3, 0.4) is 0 Å². The van der Waals surface area contributed by atoms with Gasteiger partial charge in [-0.25, -0.2) is 0 Å². The number of anilines is 1. The summed E-state index contributed by atoms with van der Waals surface area (Å²) in [6, 6.07) is 13.4. The monoisotopic (exact) mass is 350 g/mol. The second kappa shape index (κ2) is 7.44. The summed E-state index contributed by atoms with van der Waals surface area (Å²) in [4.78, 5) is 16.8. The van der Waals surface area contributed by atoms with Crippen LogP contribution in [0, 0.1) is 20.8 Å². The molecule has 1 heterocycles. The first-order chi connectivity index (χ1) is 12.5. The zero-order valence-electron chi connectivity index (χ0n) is 15.4. The molecule has 134 valence electrons. The lowest BCUT2D eigenvalue weighted by atomic mass is 10.1. The van der Waals surface area contributed by atoms with Crippen molar-refractivity contribution >= 4 is 22.5 Å². The molecular formula is C21H22N2O3. The molecule has 0 saturated carbocycles. The van der Waals surface area contributed by atoms with E-state index in [0.29, 0.717) is 11.5 Å². The molecule has 0 bridgehead atoms. The van der Waals surface area contributed by atoms with E-state index in [0.717, 1.165) is 33.4 Å². The van der Waals surface area contributed by atoms with Crippen LogP contribution in [0.2, 0.25) is 0 Å². The van der Waals surface area contributed by atoms with E-state index in [1.165, 1.54) is 0 Å². The number of benzene rings is 2. The van der Waals surface area contributed by atoms with Gasteiger partial charge >= 0.3 is 0 Å². The van der Waals surface area contributed by atoms with Crippen LogP contribution in [-0.2, 0) is 4.79 Å². The maximum Gasteiger partial charge on any atom is 0.262 e. The minimum Gasteiger partial charge on any atom is -0.497 e. The molecule has 0 aliphatic carbocycles. The highest BCUT2D eigenvalue weighted by atomic mass is 16.5. The van der Waals surface area contributed by atoms with E-state index < -0.39 is 0 Å². The summed E-state index contributed by atoms with van der Waals surface area (Å²) in [6.45, 7) is 5.77. The minimum absolute atomic E-state index is 0.0802. The van der Waals surface area contributed by atoms with Crippen molar-refractivity contribution in [1.82, 2.24) is 4.98 Å². The van der Waals surface area contributed by atoms with Gasteiger partial charge in [0.15, 0.2) is 6.61 Å². The third kappa shape index (κ3) is 3.94. The molecule has 0 fully saturated rings. The minimum atomic E-state index is -0.204. The van der Waals surface area contributed by atoms with E-state index in [1.54, 1.807) is 7.11 Å². The molecule has 0 aliphatic heterocycles. The molecule has 0 aliphatic rings. The van der Waals surface area contributed by atoms with Crippen LogP contribution >= 0.6 is 0 Å². The van der Waals surface area contributed by atoms with Gasteiger partial charge in [-0.3, -0.25) is 9.78 Å². The molecule has 2 aromatic carbocycles. The molecule has 5 heteroatoms. The van der Waals surface area contributed by atoms with Gasteiger partial charge in [-0.1, -0.05) is 12.1 Å². The van der Waals surface area contributed by atoms with E-state index in [1.807, 2.05) is 63.2 Å². The summed E-state index contributed by atoms with van der Waals surface area (Å²) in [7, 11) is 1.61. The molecule has 1 amide bonds. The van der Waals surface area contributed by atoms with Crippen molar-refractivity contribution in [1.29, 1.82) is 0 Å². The smallest absolute Gasteiger partial charge is 0.262 e. The first kappa shape index (κ1) is 17.7. The topological polar surface area (TPSA) is 60.5 Å². The highest BCUT2D eigenvalue weighted by molar-refractivity contribution is 5.93. The molecule has 5 nitrogen and oxygen atoms in total. The molecule has 1 aromatic heterocycles. The van der Waals surface area contributed by atoms with E-state index in [-0.39, 0.29) is 12.5 Å². The Labute approximate surface area is 153 Å². The second-order valence-corrected chi connectivity index (χ2v) is 6.30. The predicted molar refractivity (Wildman–Crippen MR) is 103 cm³/mol. The number of ether oxygens (including phenoxy) is 2. The van der Waals surface area contributed by atoms with Crippen LogP contribution < -0.4 is 14.8 Å². The Hall–Kier alpha value is -3.08. The zero-order chi connectivity index (χ0) is 18.7. The fourth-order valence-electron chi connectivity index (χ4n) is 2.75. The maximum atomic E-state index is 12.3. The van der Waals surface area contributed by atoms with Crippen molar-refractivity contribution in [3.05, 3.63) is 59.3 Å². The Kier molecular flexibility index (Phi) is 5.07. The number of hydrogen-bond acceptors (Lipinski definition) is 4. The highest BCUT2D eigenvalue weighted by Crippen LogP contribution is 2.29. The molecule has 0 radical (unpaired) electrons. The molecule has 0 saturated heterocycles. The van der Waals surface area contributed by atoms with Gasteiger partial charge < -0.3 is 14.8 Å². The molecule has 1 N–H and O–H groups in total. The Bertz CT molecular complexity index is 967. The predicted octanol–water partition coefficient (Wildman–Crippen LogP) is 4.19. The van der Waals surface area contributed by atoms with E-state index in [4.69, 9.17) is 9.47 Å². The van der Waals surface area contributed by atoms with Gasteiger partial charge in [0.1, 0.15) is 11.5 Å².